The van der Waals surface area contributed by atoms with Crippen LogP contribution in [0.3, 0.4) is 0 Å². The molecular formula is C20H24N2O2S. The van der Waals surface area contributed by atoms with Gasteiger partial charge in [0.2, 0.25) is 5.91 Å². The van der Waals surface area contributed by atoms with Crippen molar-refractivity contribution < 1.29 is 9.53 Å². The van der Waals surface area contributed by atoms with Crippen LogP contribution in [0.15, 0.2) is 58.5 Å². The van der Waals surface area contributed by atoms with Gasteiger partial charge in [-0.25, -0.2) is 5.43 Å². The number of rotatable bonds is 8. The Hall–Kier alpha value is -2.27. The van der Waals surface area contributed by atoms with Gasteiger partial charge in [-0.1, -0.05) is 17.7 Å². The number of amides is 1. The molecule has 0 aliphatic rings. The molecule has 0 bridgehead atoms. The van der Waals surface area contributed by atoms with E-state index in [9.17, 15) is 4.79 Å². The summed E-state index contributed by atoms with van der Waals surface area (Å²) in [5.41, 5.74) is 4.70. The van der Waals surface area contributed by atoms with Gasteiger partial charge in [-0.3, -0.25) is 4.79 Å². The number of hydrogen-bond donors (Lipinski definition) is 1. The maximum absolute atomic E-state index is 11.8. The van der Waals surface area contributed by atoms with Crippen LogP contribution in [-0.2, 0) is 4.79 Å². The van der Waals surface area contributed by atoms with E-state index >= 15 is 0 Å². The standard InChI is InChI=1S/C20H24N2O2S/c1-15(2)24-18-8-6-17(7-9-18)14-21-22-20(23)12-13-25-19-10-4-16(3)5-11-19/h4-11,14-15H,12-13H2,1-3H3,(H,22,23)/b21-14-. The summed E-state index contributed by atoms with van der Waals surface area (Å²) in [6.45, 7) is 6.04. The zero-order chi connectivity index (χ0) is 18.1. The normalized spacial score (nSPS) is 11.0. The molecule has 0 aliphatic carbocycles. The van der Waals surface area contributed by atoms with Gasteiger partial charge in [-0.15, -0.1) is 11.8 Å². The predicted molar refractivity (Wildman–Crippen MR) is 104 cm³/mol. The lowest BCUT2D eigenvalue weighted by Gasteiger charge is -2.09. The van der Waals surface area contributed by atoms with Gasteiger partial charge in [-0.05, 0) is 62.7 Å². The number of nitrogens with one attached hydrogen (secondary N) is 1. The Morgan fingerprint density at radius 1 is 1.16 bits per heavy atom. The quantitative estimate of drug-likeness (QED) is 0.433. The Morgan fingerprint density at radius 3 is 2.48 bits per heavy atom. The monoisotopic (exact) mass is 356 g/mol. The van der Waals surface area contributed by atoms with E-state index in [-0.39, 0.29) is 12.0 Å². The summed E-state index contributed by atoms with van der Waals surface area (Å²) < 4.78 is 5.58. The highest BCUT2D eigenvalue weighted by Gasteiger charge is 2.01. The number of hydrogen-bond acceptors (Lipinski definition) is 4. The van der Waals surface area contributed by atoms with Gasteiger partial charge in [0, 0.05) is 17.1 Å². The van der Waals surface area contributed by atoms with Crippen molar-refractivity contribution in [2.45, 2.75) is 38.2 Å². The fraction of sp³-hybridized carbons (Fsp3) is 0.300. The highest BCUT2D eigenvalue weighted by Crippen LogP contribution is 2.18. The van der Waals surface area contributed by atoms with E-state index in [1.165, 1.54) is 10.5 Å². The molecule has 0 unspecified atom stereocenters. The molecule has 0 aliphatic heterocycles. The zero-order valence-electron chi connectivity index (χ0n) is 14.9. The van der Waals surface area contributed by atoms with Crippen molar-refractivity contribution in [2.24, 2.45) is 5.10 Å². The van der Waals surface area contributed by atoms with Crippen LogP contribution in [0.1, 0.15) is 31.4 Å². The molecule has 25 heavy (non-hydrogen) atoms. The summed E-state index contributed by atoms with van der Waals surface area (Å²) in [6.07, 6.45) is 2.21. The molecule has 5 heteroatoms. The van der Waals surface area contributed by atoms with Gasteiger partial charge in [0.05, 0.1) is 12.3 Å². The molecule has 0 heterocycles. The second-order valence-electron chi connectivity index (χ2n) is 5.94. The fourth-order valence-electron chi connectivity index (χ4n) is 2.04. The molecule has 0 saturated carbocycles. The Kier molecular flexibility index (Phi) is 7.54. The lowest BCUT2D eigenvalue weighted by atomic mass is 10.2. The van der Waals surface area contributed by atoms with Crippen LogP contribution in [0.5, 0.6) is 5.75 Å². The molecule has 0 aromatic heterocycles. The molecule has 132 valence electrons. The van der Waals surface area contributed by atoms with E-state index in [1.807, 2.05) is 38.1 Å². The van der Waals surface area contributed by atoms with Crippen molar-refractivity contribution >= 4 is 23.9 Å². The highest BCUT2D eigenvalue weighted by molar-refractivity contribution is 7.99. The number of benzene rings is 2. The maximum atomic E-state index is 11.8. The van der Waals surface area contributed by atoms with E-state index in [1.54, 1.807) is 18.0 Å². The smallest absolute Gasteiger partial charge is 0.240 e. The van der Waals surface area contributed by atoms with E-state index in [4.69, 9.17) is 4.74 Å². The minimum Gasteiger partial charge on any atom is -0.491 e. The summed E-state index contributed by atoms with van der Waals surface area (Å²) in [6, 6.07) is 15.9. The SMILES string of the molecule is Cc1ccc(SCCC(=O)N/N=C\c2ccc(OC(C)C)cc2)cc1. The van der Waals surface area contributed by atoms with E-state index in [0.29, 0.717) is 6.42 Å². The van der Waals surface area contributed by atoms with E-state index < -0.39 is 0 Å². The third-order valence-electron chi connectivity index (χ3n) is 3.27. The first-order valence-corrected chi connectivity index (χ1v) is 9.29. The van der Waals surface area contributed by atoms with Gasteiger partial charge in [0.25, 0.3) is 0 Å². The maximum Gasteiger partial charge on any atom is 0.240 e. The molecule has 1 amide bonds. The summed E-state index contributed by atoms with van der Waals surface area (Å²) in [4.78, 5) is 13.0. The minimum absolute atomic E-state index is 0.0874. The largest absolute Gasteiger partial charge is 0.491 e. The van der Waals surface area contributed by atoms with Gasteiger partial charge >= 0.3 is 0 Å². The van der Waals surface area contributed by atoms with Crippen molar-refractivity contribution in [2.75, 3.05) is 5.75 Å². The molecule has 0 spiro atoms. The predicted octanol–water partition coefficient (Wildman–Crippen LogP) is 4.41. The molecule has 2 aromatic rings. The second kappa shape index (κ2) is 9.89. The summed E-state index contributed by atoms with van der Waals surface area (Å²) in [7, 11) is 0. The Balaban J connectivity index is 1.70. The van der Waals surface area contributed by atoms with E-state index in [2.05, 4.69) is 41.7 Å². The molecule has 0 saturated heterocycles. The number of thioether (sulfide) groups is 1. The first kappa shape index (κ1) is 19.1. The molecule has 1 N–H and O–H groups in total. The summed E-state index contributed by atoms with van der Waals surface area (Å²) in [5.74, 6) is 1.46. The number of nitrogens with zero attached hydrogens (tertiary/aromatic N) is 1. The molecular weight excluding hydrogens is 332 g/mol. The Morgan fingerprint density at radius 2 is 1.84 bits per heavy atom. The van der Waals surface area contributed by atoms with Crippen LogP contribution >= 0.6 is 11.8 Å². The van der Waals surface area contributed by atoms with Crippen LogP contribution in [0, 0.1) is 6.92 Å². The molecule has 0 atom stereocenters. The van der Waals surface area contributed by atoms with Crippen LogP contribution < -0.4 is 10.2 Å². The third-order valence-corrected chi connectivity index (χ3v) is 4.29. The van der Waals surface area contributed by atoms with Gasteiger partial charge in [-0.2, -0.15) is 5.10 Å². The number of carbonyl (C=O) groups is 1. The number of ether oxygens (including phenoxy) is 1. The lowest BCUT2D eigenvalue weighted by molar-refractivity contribution is -0.120. The first-order chi connectivity index (χ1) is 12.0. The van der Waals surface area contributed by atoms with Crippen molar-refractivity contribution in [1.29, 1.82) is 0 Å². The van der Waals surface area contributed by atoms with Crippen molar-refractivity contribution in [3.8, 4) is 5.75 Å². The summed E-state index contributed by atoms with van der Waals surface area (Å²) in [5, 5.41) is 3.99. The topological polar surface area (TPSA) is 50.7 Å². The van der Waals surface area contributed by atoms with Gasteiger partial charge in [0.15, 0.2) is 0 Å². The van der Waals surface area contributed by atoms with Crippen LogP contribution in [0.25, 0.3) is 0 Å². The average molecular weight is 356 g/mol. The van der Waals surface area contributed by atoms with Crippen LogP contribution in [-0.4, -0.2) is 24.0 Å². The third kappa shape index (κ3) is 7.44. The molecule has 2 rings (SSSR count). The van der Waals surface area contributed by atoms with Gasteiger partial charge in [0.1, 0.15) is 5.75 Å². The van der Waals surface area contributed by atoms with Crippen molar-refractivity contribution in [1.82, 2.24) is 5.43 Å². The van der Waals surface area contributed by atoms with Crippen LogP contribution in [0.4, 0.5) is 0 Å². The number of carbonyl (C=O) groups excluding carboxylic acids is 1. The van der Waals surface area contributed by atoms with Gasteiger partial charge < -0.3 is 4.74 Å². The molecule has 2 aromatic carbocycles. The first-order valence-electron chi connectivity index (χ1n) is 8.31. The summed E-state index contributed by atoms with van der Waals surface area (Å²) >= 11 is 1.67. The fourth-order valence-corrected chi connectivity index (χ4v) is 2.89. The lowest BCUT2D eigenvalue weighted by Crippen LogP contribution is -2.17. The molecule has 4 nitrogen and oxygen atoms in total. The second-order valence-corrected chi connectivity index (χ2v) is 7.11. The Labute approximate surface area is 153 Å². The minimum atomic E-state index is -0.0874. The van der Waals surface area contributed by atoms with E-state index in [0.717, 1.165) is 17.1 Å². The highest BCUT2D eigenvalue weighted by atomic mass is 32.2. The molecule has 0 radical (unpaired) electrons. The van der Waals surface area contributed by atoms with Crippen molar-refractivity contribution in [3.05, 3.63) is 59.7 Å². The Bertz CT molecular complexity index is 695. The number of aryl methyl sites for hydroxylation is 1. The zero-order valence-corrected chi connectivity index (χ0v) is 15.7. The molecule has 0 fully saturated rings. The van der Waals surface area contributed by atoms with Crippen molar-refractivity contribution in [3.63, 3.8) is 0 Å². The number of hydrazone groups is 1. The van der Waals surface area contributed by atoms with Crippen LogP contribution in [0.2, 0.25) is 0 Å². The average Bonchev–Trinajstić information content (AvgIpc) is 2.58.